The molecule has 3 rings (SSSR count). The molecule has 0 radical (unpaired) electrons. The van der Waals surface area contributed by atoms with Gasteiger partial charge in [-0.05, 0) is 74.3 Å². The van der Waals surface area contributed by atoms with E-state index in [1.165, 1.54) is 25.7 Å². The van der Waals surface area contributed by atoms with Crippen LogP contribution in [0.15, 0.2) is 47.6 Å². The summed E-state index contributed by atoms with van der Waals surface area (Å²) in [6.45, 7) is 0. The van der Waals surface area contributed by atoms with Gasteiger partial charge in [0, 0.05) is 0 Å². The van der Waals surface area contributed by atoms with Gasteiger partial charge in [0.15, 0.2) is 5.78 Å². The summed E-state index contributed by atoms with van der Waals surface area (Å²) in [5, 5.41) is 0. The van der Waals surface area contributed by atoms with E-state index in [1.807, 2.05) is 0 Å². The second kappa shape index (κ2) is 6.39. The number of carbonyl (C=O) groups excluding carboxylic acids is 1. The van der Waals surface area contributed by atoms with Crippen LogP contribution < -0.4 is 0 Å². The molecule has 1 saturated carbocycles. The van der Waals surface area contributed by atoms with Crippen LogP contribution in [0.1, 0.15) is 51.4 Å². The van der Waals surface area contributed by atoms with Gasteiger partial charge in [-0.3, -0.25) is 4.79 Å². The number of rotatable bonds is 2. The van der Waals surface area contributed by atoms with E-state index in [-0.39, 0.29) is 0 Å². The smallest absolute Gasteiger partial charge is 0.184 e. The fourth-order valence-electron chi connectivity index (χ4n) is 3.53. The molecule has 2 unspecified atom stereocenters. The molecule has 0 heterocycles. The van der Waals surface area contributed by atoms with Gasteiger partial charge < -0.3 is 0 Å². The zero-order valence-electron chi connectivity index (χ0n) is 12.2. The molecule has 0 amide bonds. The SMILES string of the molecule is O=C1C(=CC2CC=CCC2)CCC1=CC1CC=CCC1. The Hall–Kier alpha value is -1.37. The number of ketones is 1. The van der Waals surface area contributed by atoms with Crippen LogP contribution >= 0.6 is 0 Å². The zero-order valence-corrected chi connectivity index (χ0v) is 12.2. The fraction of sp³-hybridized carbons (Fsp3) is 0.526. The van der Waals surface area contributed by atoms with Crippen molar-refractivity contribution < 1.29 is 4.79 Å². The van der Waals surface area contributed by atoms with E-state index in [9.17, 15) is 4.79 Å². The highest BCUT2D eigenvalue weighted by Crippen LogP contribution is 2.32. The molecule has 0 aromatic carbocycles. The third-order valence-electron chi connectivity index (χ3n) is 4.74. The van der Waals surface area contributed by atoms with Crippen LogP contribution in [0, 0.1) is 11.8 Å². The second-order valence-electron chi connectivity index (χ2n) is 6.30. The third kappa shape index (κ3) is 3.20. The van der Waals surface area contributed by atoms with Crippen molar-refractivity contribution in [3.05, 3.63) is 47.6 Å². The average molecular weight is 268 g/mol. The summed E-state index contributed by atoms with van der Waals surface area (Å²) in [5.74, 6) is 1.53. The van der Waals surface area contributed by atoms with Gasteiger partial charge in [-0.15, -0.1) is 0 Å². The fourth-order valence-corrected chi connectivity index (χ4v) is 3.53. The molecule has 0 bridgehead atoms. The molecule has 1 fully saturated rings. The Bertz CT molecular complexity index is 446. The number of hydrogen-bond donors (Lipinski definition) is 0. The molecule has 3 aliphatic rings. The highest BCUT2D eigenvalue weighted by Gasteiger charge is 2.25. The van der Waals surface area contributed by atoms with Crippen LogP contribution in [0.3, 0.4) is 0 Å². The number of carbonyl (C=O) groups is 1. The second-order valence-corrected chi connectivity index (χ2v) is 6.30. The van der Waals surface area contributed by atoms with E-state index in [2.05, 4.69) is 36.5 Å². The third-order valence-corrected chi connectivity index (χ3v) is 4.74. The molecule has 20 heavy (non-hydrogen) atoms. The Labute approximate surface area is 122 Å². The van der Waals surface area contributed by atoms with E-state index in [4.69, 9.17) is 0 Å². The molecule has 3 aliphatic carbocycles. The predicted molar refractivity (Wildman–Crippen MR) is 83.4 cm³/mol. The summed E-state index contributed by atoms with van der Waals surface area (Å²) in [6.07, 6.45) is 22.5. The average Bonchev–Trinajstić information content (AvgIpc) is 2.83. The van der Waals surface area contributed by atoms with Gasteiger partial charge in [-0.2, -0.15) is 0 Å². The molecule has 1 heteroatoms. The highest BCUT2D eigenvalue weighted by atomic mass is 16.1. The quantitative estimate of drug-likeness (QED) is 0.513. The van der Waals surface area contributed by atoms with Crippen molar-refractivity contribution in [1.82, 2.24) is 0 Å². The van der Waals surface area contributed by atoms with Crippen LogP contribution in [-0.4, -0.2) is 5.78 Å². The molecule has 0 aromatic heterocycles. The lowest BCUT2D eigenvalue weighted by molar-refractivity contribution is -0.111. The Kier molecular flexibility index (Phi) is 4.34. The van der Waals surface area contributed by atoms with Gasteiger partial charge in [-0.25, -0.2) is 0 Å². The summed E-state index contributed by atoms with van der Waals surface area (Å²) < 4.78 is 0. The minimum atomic E-state index is 0.342. The van der Waals surface area contributed by atoms with Gasteiger partial charge >= 0.3 is 0 Å². The van der Waals surface area contributed by atoms with Gasteiger partial charge in [0.2, 0.25) is 0 Å². The molecule has 0 aliphatic heterocycles. The molecule has 2 atom stereocenters. The lowest BCUT2D eigenvalue weighted by Gasteiger charge is -2.14. The largest absolute Gasteiger partial charge is 0.289 e. The van der Waals surface area contributed by atoms with Crippen LogP contribution in [-0.2, 0) is 4.79 Å². The molecule has 1 nitrogen and oxygen atoms in total. The van der Waals surface area contributed by atoms with Gasteiger partial charge in [-0.1, -0.05) is 36.5 Å². The number of allylic oxidation sites excluding steroid dienone is 8. The molecule has 106 valence electrons. The maximum absolute atomic E-state index is 12.5. The number of Topliss-reactive ketones (excluding diaryl/α,β-unsaturated/α-hetero) is 1. The summed E-state index contributed by atoms with van der Waals surface area (Å²) in [7, 11) is 0. The number of hydrogen-bond acceptors (Lipinski definition) is 1. The normalized spacial score (nSPS) is 34.3. The topological polar surface area (TPSA) is 17.1 Å². The first-order valence-electron chi connectivity index (χ1n) is 8.09. The lowest BCUT2D eigenvalue weighted by Crippen LogP contribution is -2.05. The van der Waals surface area contributed by atoms with Gasteiger partial charge in [0.1, 0.15) is 0 Å². The summed E-state index contributed by atoms with van der Waals surface area (Å²) in [6, 6.07) is 0. The summed E-state index contributed by atoms with van der Waals surface area (Å²) >= 11 is 0. The van der Waals surface area contributed by atoms with Crippen molar-refractivity contribution in [3.63, 3.8) is 0 Å². The summed E-state index contributed by atoms with van der Waals surface area (Å²) in [4.78, 5) is 12.5. The molecule has 0 aromatic rings. The van der Waals surface area contributed by atoms with Crippen molar-refractivity contribution in [2.75, 3.05) is 0 Å². The van der Waals surface area contributed by atoms with Crippen molar-refractivity contribution in [3.8, 4) is 0 Å². The van der Waals surface area contributed by atoms with Crippen LogP contribution in [0.2, 0.25) is 0 Å². The van der Waals surface area contributed by atoms with Crippen molar-refractivity contribution in [2.24, 2.45) is 11.8 Å². The Morgan fingerprint density at radius 2 is 1.30 bits per heavy atom. The highest BCUT2D eigenvalue weighted by molar-refractivity contribution is 6.10. The van der Waals surface area contributed by atoms with E-state index < -0.39 is 0 Å². The van der Waals surface area contributed by atoms with Crippen LogP contribution in [0.4, 0.5) is 0 Å². The summed E-state index contributed by atoms with van der Waals surface area (Å²) in [5.41, 5.74) is 2.17. The first kappa shape index (κ1) is 13.6. The lowest BCUT2D eigenvalue weighted by atomic mass is 9.90. The Balaban J connectivity index is 1.67. The van der Waals surface area contributed by atoms with Gasteiger partial charge in [0.25, 0.3) is 0 Å². The van der Waals surface area contributed by atoms with E-state index in [1.54, 1.807) is 0 Å². The molecule has 0 N–H and O–H groups in total. The van der Waals surface area contributed by atoms with E-state index >= 15 is 0 Å². The Morgan fingerprint density at radius 1 is 0.800 bits per heavy atom. The molecular weight excluding hydrogens is 244 g/mol. The van der Waals surface area contributed by atoms with Crippen molar-refractivity contribution >= 4 is 5.78 Å². The molecular formula is C19H24O. The first-order valence-corrected chi connectivity index (χ1v) is 8.09. The van der Waals surface area contributed by atoms with Crippen LogP contribution in [0.25, 0.3) is 0 Å². The van der Waals surface area contributed by atoms with Crippen LogP contribution in [0.5, 0.6) is 0 Å². The minimum Gasteiger partial charge on any atom is -0.289 e. The monoisotopic (exact) mass is 268 g/mol. The zero-order chi connectivity index (χ0) is 13.8. The van der Waals surface area contributed by atoms with E-state index in [0.29, 0.717) is 17.6 Å². The van der Waals surface area contributed by atoms with Crippen molar-refractivity contribution in [2.45, 2.75) is 51.4 Å². The first-order chi connectivity index (χ1) is 9.83. The maximum Gasteiger partial charge on any atom is 0.184 e. The maximum atomic E-state index is 12.5. The van der Waals surface area contributed by atoms with E-state index in [0.717, 1.165) is 36.8 Å². The van der Waals surface area contributed by atoms with Crippen molar-refractivity contribution in [1.29, 1.82) is 0 Å². The predicted octanol–water partition coefficient (Wildman–Crippen LogP) is 4.91. The van der Waals surface area contributed by atoms with Gasteiger partial charge in [0.05, 0.1) is 0 Å². The standard InChI is InChI=1S/C19H24O/c20-19-17(13-15-7-3-1-4-8-15)11-12-18(19)14-16-9-5-2-6-10-16/h1-3,5,13-16H,4,6-12H2. The molecule has 0 spiro atoms. The minimum absolute atomic E-state index is 0.342. The Morgan fingerprint density at radius 3 is 1.70 bits per heavy atom. The molecule has 0 saturated heterocycles.